The van der Waals surface area contributed by atoms with Crippen LogP contribution in [0.15, 0.2) is 48.7 Å². The Hall–Kier alpha value is -2.37. The molecule has 3 nitrogen and oxygen atoms in total. The van der Waals surface area contributed by atoms with Crippen molar-refractivity contribution in [3.63, 3.8) is 0 Å². The van der Waals surface area contributed by atoms with E-state index in [1.165, 1.54) is 16.8 Å². The number of alkyl halides is 3. The van der Waals surface area contributed by atoms with Gasteiger partial charge in [-0.05, 0) is 18.2 Å². The summed E-state index contributed by atoms with van der Waals surface area (Å²) in [4.78, 5) is 3.61. The van der Waals surface area contributed by atoms with Gasteiger partial charge in [-0.2, -0.15) is 18.3 Å². The van der Waals surface area contributed by atoms with Gasteiger partial charge in [0.05, 0.1) is 11.7 Å². The third-order valence-electron chi connectivity index (χ3n) is 2.72. The first kappa shape index (κ1) is 11.7. The van der Waals surface area contributed by atoms with Crippen molar-refractivity contribution in [1.29, 1.82) is 0 Å². The molecule has 1 aromatic carbocycles. The summed E-state index contributed by atoms with van der Waals surface area (Å²) >= 11 is 0. The quantitative estimate of drug-likeness (QED) is 0.673. The molecule has 3 aromatic rings. The largest absolute Gasteiger partial charge is 0.433 e. The first-order chi connectivity index (χ1) is 9.05. The van der Waals surface area contributed by atoms with Crippen LogP contribution < -0.4 is 0 Å². The Kier molecular flexibility index (Phi) is 2.51. The molecule has 0 aliphatic rings. The van der Waals surface area contributed by atoms with Gasteiger partial charge in [-0.3, -0.25) is 0 Å². The highest BCUT2D eigenvalue weighted by molar-refractivity contribution is 5.79. The Morgan fingerprint density at radius 3 is 2.53 bits per heavy atom. The third kappa shape index (κ3) is 2.05. The SMILES string of the molecule is FC(F)(F)c1cccc(-n2ncc3ccccc32)n1. The van der Waals surface area contributed by atoms with Gasteiger partial charge in [-0.15, -0.1) is 0 Å². The van der Waals surface area contributed by atoms with Crippen LogP contribution >= 0.6 is 0 Å². The van der Waals surface area contributed by atoms with E-state index in [0.29, 0.717) is 5.52 Å². The summed E-state index contributed by atoms with van der Waals surface area (Å²) in [6.45, 7) is 0. The van der Waals surface area contributed by atoms with Crippen molar-refractivity contribution in [2.75, 3.05) is 0 Å². The number of hydrogen-bond acceptors (Lipinski definition) is 2. The van der Waals surface area contributed by atoms with E-state index in [2.05, 4.69) is 10.1 Å². The van der Waals surface area contributed by atoms with Crippen LogP contribution in [-0.2, 0) is 6.18 Å². The highest BCUT2D eigenvalue weighted by atomic mass is 19.4. The molecule has 3 rings (SSSR count). The van der Waals surface area contributed by atoms with E-state index < -0.39 is 11.9 Å². The number of halogens is 3. The number of rotatable bonds is 1. The fraction of sp³-hybridized carbons (Fsp3) is 0.0769. The molecule has 0 aliphatic carbocycles. The van der Waals surface area contributed by atoms with E-state index in [0.717, 1.165) is 11.5 Å². The first-order valence-electron chi connectivity index (χ1n) is 5.53. The Labute approximate surface area is 106 Å². The van der Waals surface area contributed by atoms with Crippen molar-refractivity contribution < 1.29 is 13.2 Å². The lowest BCUT2D eigenvalue weighted by atomic mass is 10.2. The highest BCUT2D eigenvalue weighted by Gasteiger charge is 2.32. The second-order valence-electron chi connectivity index (χ2n) is 3.99. The summed E-state index contributed by atoms with van der Waals surface area (Å²) in [6.07, 6.45) is -2.86. The molecule has 0 atom stereocenters. The number of aromatic nitrogens is 3. The van der Waals surface area contributed by atoms with Gasteiger partial charge in [0.2, 0.25) is 0 Å². The lowest BCUT2D eigenvalue weighted by molar-refractivity contribution is -0.141. The van der Waals surface area contributed by atoms with E-state index in [1.54, 1.807) is 18.3 Å². The topological polar surface area (TPSA) is 30.7 Å². The monoisotopic (exact) mass is 263 g/mol. The second kappa shape index (κ2) is 4.08. The average Bonchev–Trinajstić information content (AvgIpc) is 2.82. The maximum absolute atomic E-state index is 12.6. The number of fused-ring (bicyclic) bond motifs is 1. The molecule has 0 unspecified atom stereocenters. The summed E-state index contributed by atoms with van der Waals surface area (Å²) in [5.74, 6) is 0.149. The summed E-state index contributed by atoms with van der Waals surface area (Å²) in [5.41, 5.74) is -0.209. The standard InChI is InChI=1S/C13H8F3N3/c14-13(15,16)11-6-3-7-12(18-11)19-10-5-2-1-4-9(10)8-17-19/h1-8H. The van der Waals surface area contributed by atoms with Gasteiger partial charge >= 0.3 is 6.18 Å². The maximum atomic E-state index is 12.6. The second-order valence-corrected chi connectivity index (χ2v) is 3.99. The predicted octanol–water partition coefficient (Wildman–Crippen LogP) is 3.44. The van der Waals surface area contributed by atoms with E-state index in [1.807, 2.05) is 12.1 Å². The van der Waals surface area contributed by atoms with Gasteiger partial charge in [0, 0.05) is 5.39 Å². The van der Waals surface area contributed by atoms with Crippen molar-refractivity contribution in [2.45, 2.75) is 6.18 Å². The van der Waals surface area contributed by atoms with Gasteiger partial charge in [0.1, 0.15) is 5.69 Å². The molecular formula is C13H8F3N3. The van der Waals surface area contributed by atoms with E-state index in [9.17, 15) is 13.2 Å². The molecule has 0 N–H and O–H groups in total. The van der Waals surface area contributed by atoms with Crippen LogP contribution in [0, 0.1) is 0 Å². The minimum Gasteiger partial charge on any atom is -0.224 e. The van der Waals surface area contributed by atoms with Crippen LogP contribution in [0.25, 0.3) is 16.7 Å². The molecule has 0 saturated carbocycles. The molecule has 96 valence electrons. The molecule has 6 heteroatoms. The van der Waals surface area contributed by atoms with E-state index in [4.69, 9.17) is 0 Å². The fourth-order valence-corrected chi connectivity index (χ4v) is 1.85. The third-order valence-corrected chi connectivity index (χ3v) is 2.72. The molecule has 0 saturated heterocycles. The van der Waals surface area contributed by atoms with Crippen LogP contribution in [0.4, 0.5) is 13.2 Å². The van der Waals surface area contributed by atoms with Crippen molar-refractivity contribution >= 4 is 10.9 Å². The number of nitrogens with zero attached hydrogens (tertiary/aromatic N) is 3. The zero-order valence-corrected chi connectivity index (χ0v) is 9.59. The maximum Gasteiger partial charge on any atom is 0.433 e. The van der Waals surface area contributed by atoms with Gasteiger partial charge < -0.3 is 0 Å². The number of para-hydroxylation sites is 1. The molecule has 19 heavy (non-hydrogen) atoms. The van der Waals surface area contributed by atoms with Crippen LogP contribution in [-0.4, -0.2) is 14.8 Å². The minimum atomic E-state index is -4.46. The summed E-state index contributed by atoms with van der Waals surface area (Å²) in [7, 11) is 0. The zero-order chi connectivity index (χ0) is 13.5. The van der Waals surface area contributed by atoms with Crippen molar-refractivity contribution in [3.8, 4) is 5.82 Å². The van der Waals surface area contributed by atoms with Crippen molar-refractivity contribution in [2.24, 2.45) is 0 Å². The molecule has 0 fully saturated rings. The molecule has 0 radical (unpaired) electrons. The minimum absolute atomic E-state index is 0.149. The normalized spacial score (nSPS) is 11.9. The Morgan fingerprint density at radius 1 is 0.947 bits per heavy atom. The Bertz CT molecular complexity index is 731. The van der Waals surface area contributed by atoms with Gasteiger partial charge in [0.25, 0.3) is 0 Å². The van der Waals surface area contributed by atoms with Crippen LogP contribution in [0.3, 0.4) is 0 Å². The molecule has 0 amide bonds. The summed E-state index contributed by atoms with van der Waals surface area (Å²) < 4.78 is 39.3. The molecule has 2 heterocycles. The smallest absolute Gasteiger partial charge is 0.224 e. The van der Waals surface area contributed by atoms with E-state index in [-0.39, 0.29) is 5.82 Å². The lowest BCUT2D eigenvalue weighted by Gasteiger charge is -2.08. The van der Waals surface area contributed by atoms with Crippen LogP contribution in [0.5, 0.6) is 0 Å². The van der Waals surface area contributed by atoms with Gasteiger partial charge in [0.15, 0.2) is 5.82 Å². The number of benzene rings is 1. The first-order valence-corrected chi connectivity index (χ1v) is 5.53. The van der Waals surface area contributed by atoms with Crippen molar-refractivity contribution in [3.05, 3.63) is 54.4 Å². The van der Waals surface area contributed by atoms with Crippen LogP contribution in [0.2, 0.25) is 0 Å². The molecule has 0 aliphatic heterocycles. The zero-order valence-electron chi connectivity index (χ0n) is 9.59. The van der Waals surface area contributed by atoms with Crippen molar-refractivity contribution in [1.82, 2.24) is 14.8 Å². The predicted molar refractivity (Wildman–Crippen MR) is 63.9 cm³/mol. The van der Waals surface area contributed by atoms with Gasteiger partial charge in [-0.25, -0.2) is 9.67 Å². The molecule has 0 bridgehead atoms. The van der Waals surface area contributed by atoms with Gasteiger partial charge in [-0.1, -0.05) is 24.3 Å². The van der Waals surface area contributed by atoms with Crippen LogP contribution in [0.1, 0.15) is 5.69 Å². The average molecular weight is 263 g/mol. The number of hydrogen-bond donors (Lipinski definition) is 0. The Balaban J connectivity index is 2.17. The molecule has 0 spiro atoms. The van der Waals surface area contributed by atoms with E-state index >= 15 is 0 Å². The number of pyridine rings is 1. The Morgan fingerprint density at radius 2 is 1.74 bits per heavy atom. The lowest BCUT2D eigenvalue weighted by Crippen LogP contribution is -2.10. The summed E-state index contributed by atoms with van der Waals surface area (Å²) in [6, 6.07) is 11.0. The summed E-state index contributed by atoms with van der Waals surface area (Å²) in [5, 5.41) is 4.92. The fourth-order valence-electron chi connectivity index (χ4n) is 1.85. The molecule has 2 aromatic heterocycles. The highest BCUT2D eigenvalue weighted by Crippen LogP contribution is 2.28. The molecular weight excluding hydrogens is 255 g/mol.